The largest absolute Gasteiger partial charge is 1.00 e. The van der Waals surface area contributed by atoms with Crippen LogP contribution in [0.4, 0.5) is 21.7 Å². The maximum atomic E-state index is 13.3. The molecular formula is C13H9BF5KO. The molecule has 0 aliphatic heterocycles. The second-order valence-corrected chi connectivity index (χ2v) is 4.14. The molecule has 0 aliphatic carbocycles. The number of benzene rings is 2. The van der Waals surface area contributed by atoms with Crippen LogP contribution in [0.15, 0.2) is 42.5 Å². The van der Waals surface area contributed by atoms with E-state index >= 15 is 0 Å². The number of rotatable bonds is 4. The Kier molecular flexibility index (Phi) is 6.86. The van der Waals surface area contributed by atoms with Crippen molar-refractivity contribution in [1.29, 1.82) is 0 Å². The molecule has 0 heterocycles. The fourth-order valence-corrected chi connectivity index (χ4v) is 1.63. The number of ether oxygens (including phenoxy) is 1. The fourth-order valence-electron chi connectivity index (χ4n) is 1.63. The second-order valence-electron chi connectivity index (χ2n) is 4.14. The predicted molar refractivity (Wildman–Crippen MR) is 65.8 cm³/mol. The van der Waals surface area contributed by atoms with E-state index < -0.39 is 30.7 Å². The summed E-state index contributed by atoms with van der Waals surface area (Å²) in [6.45, 7) is -5.62. The molecule has 0 atom stereocenters. The van der Waals surface area contributed by atoms with Crippen LogP contribution < -0.4 is 61.6 Å². The van der Waals surface area contributed by atoms with Crippen molar-refractivity contribution in [2.24, 2.45) is 0 Å². The number of hydrogen-bond acceptors (Lipinski definition) is 1. The molecule has 0 aliphatic rings. The standard InChI is InChI=1S/C13H9BF5O.K/c15-12-5-2-6-13(16)11(12)8-20-10-4-1-3-9(7-10)14(17,18)19;/h1-7H,8H2;/q-1;+1. The quantitative estimate of drug-likeness (QED) is 0.591. The maximum absolute atomic E-state index is 13.3. The Morgan fingerprint density at radius 1 is 0.905 bits per heavy atom. The van der Waals surface area contributed by atoms with Gasteiger partial charge in [0.2, 0.25) is 0 Å². The van der Waals surface area contributed by atoms with Gasteiger partial charge in [-0.2, -0.15) is 0 Å². The van der Waals surface area contributed by atoms with E-state index in [4.69, 9.17) is 4.74 Å². The van der Waals surface area contributed by atoms with Gasteiger partial charge in [0.25, 0.3) is 0 Å². The summed E-state index contributed by atoms with van der Waals surface area (Å²) >= 11 is 0. The smallest absolute Gasteiger partial charge is 0.489 e. The Morgan fingerprint density at radius 3 is 2.05 bits per heavy atom. The van der Waals surface area contributed by atoms with Crippen molar-refractivity contribution in [2.45, 2.75) is 6.61 Å². The summed E-state index contributed by atoms with van der Waals surface area (Å²) in [5.74, 6) is -1.70. The molecule has 2 aromatic carbocycles. The first-order valence-electron chi connectivity index (χ1n) is 5.73. The minimum atomic E-state index is -5.14. The summed E-state index contributed by atoms with van der Waals surface area (Å²) in [5, 5.41) is 0. The van der Waals surface area contributed by atoms with Crippen LogP contribution in [0.5, 0.6) is 5.75 Å². The predicted octanol–water partition coefficient (Wildman–Crippen LogP) is 0.602. The van der Waals surface area contributed by atoms with Gasteiger partial charge in [0.05, 0.1) is 5.56 Å². The summed E-state index contributed by atoms with van der Waals surface area (Å²) in [5.41, 5.74) is -1.15. The second kappa shape index (κ2) is 7.73. The zero-order valence-electron chi connectivity index (χ0n) is 11.1. The average Bonchev–Trinajstić information content (AvgIpc) is 2.37. The molecule has 0 bridgehead atoms. The van der Waals surface area contributed by atoms with E-state index in [0.717, 1.165) is 24.3 Å². The SMILES string of the molecule is Fc1cccc(F)c1COc1cccc([B-](F)(F)F)c1.[K+]. The third-order valence-corrected chi connectivity index (χ3v) is 2.68. The molecule has 0 fully saturated rings. The third kappa shape index (κ3) is 5.07. The van der Waals surface area contributed by atoms with Gasteiger partial charge >= 0.3 is 58.4 Å². The molecule has 106 valence electrons. The monoisotopic (exact) mass is 326 g/mol. The molecule has 1 nitrogen and oxygen atoms in total. The molecule has 2 aromatic rings. The summed E-state index contributed by atoms with van der Waals surface area (Å²) in [7, 11) is 0. The molecule has 0 radical (unpaired) electrons. The van der Waals surface area contributed by atoms with Crippen molar-refractivity contribution in [3.05, 3.63) is 59.7 Å². The average molecular weight is 326 g/mol. The number of halogens is 5. The van der Waals surface area contributed by atoms with E-state index in [2.05, 4.69) is 0 Å². The van der Waals surface area contributed by atoms with E-state index in [1.807, 2.05) is 0 Å². The van der Waals surface area contributed by atoms with Crippen molar-refractivity contribution in [1.82, 2.24) is 0 Å². The van der Waals surface area contributed by atoms with Gasteiger partial charge in [-0.15, -0.1) is 5.46 Å². The first-order chi connectivity index (χ1) is 9.38. The van der Waals surface area contributed by atoms with Crippen LogP contribution in [0.25, 0.3) is 0 Å². The van der Waals surface area contributed by atoms with Crippen molar-refractivity contribution in [3.63, 3.8) is 0 Å². The maximum Gasteiger partial charge on any atom is 1.00 e. The molecule has 21 heavy (non-hydrogen) atoms. The Hall–Kier alpha value is -0.409. The van der Waals surface area contributed by atoms with E-state index in [1.54, 1.807) is 0 Å². The molecular weight excluding hydrogens is 317 g/mol. The van der Waals surface area contributed by atoms with Crippen molar-refractivity contribution < 1.29 is 77.8 Å². The zero-order chi connectivity index (χ0) is 14.8. The van der Waals surface area contributed by atoms with Gasteiger partial charge in [-0.3, -0.25) is 0 Å². The molecule has 0 unspecified atom stereocenters. The molecule has 0 aromatic heterocycles. The minimum absolute atomic E-state index is 0. The van der Waals surface area contributed by atoms with E-state index in [1.165, 1.54) is 18.2 Å². The van der Waals surface area contributed by atoms with Crippen LogP contribution in [0, 0.1) is 11.6 Å². The molecule has 0 saturated carbocycles. The minimum Gasteiger partial charge on any atom is -0.489 e. The summed E-state index contributed by atoms with van der Waals surface area (Å²) in [6, 6.07) is 7.49. The summed E-state index contributed by atoms with van der Waals surface area (Å²) < 4.78 is 69.3. The summed E-state index contributed by atoms with van der Waals surface area (Å²) in [6.07, 6.45) is 0. The molecule has 8 heteroatoms. The van der Waals surface area contributed by atoms with Gasteiger partial charge in [-0.25, -0.2) is 8.78 Å². The Balaban J connectivity index is 0.00000220. The first kappa shape index (κ1) is 18.6. The van der Waals surface area contributed by atoms with Gasteiger partial charge in [-0.05, 0) is 24.3 Å². The van der Waals surface area contributed by atoms with Gasteiger partial charge in [0.1, 0.15) is 24.0 Å². The molecule has 0 spiro atoms. The van der Waals surface area contributed by atoms with Gasteiger partial charge in [-0.1, -0.05) is 18.2 Å². The van der Waals surface area contributed by atoms with Gasteiger partial charge < -0.3 is 17.7 Å². The molecule has 0 saturated heterocycles. The first-order valence-corrected chi connectivity index (χ1v) is 5.73. The molecule has 0 amide bonds. The van der Waals surface area contributed by atoms with Crippen molar-refractivity contribution >= 4 is 12.4 Å². The topological polar surface area (TPSA) is 9.23 Å². The van der Waals surface area contributed by atoms with E-state index in [9.17, 15) is 21.7 Å². The van der Waals surface area contributed by atoms with Crippen LogP contribution in [-0.2, 0) is 6.61 Å². The Morgan fingerprint density at radius 2 is 1.48 bits per heavy atom. The van der Waals surface area contributed by atoms with Gasteiger partial charge in [0.15, 0.2) is 0 Å². The van der Waals surface area contributed by atoms with E-state index in [0.29, 0.717) is 0 Å². The van der Waals surface area contributed by atoms with Gasteiger partial charge in [0, 0.05) is 0 Å². The van der Waals surface area contributed by atoms with E-state index in [-0.39, 0.29) is 62.7 Å². The Bertz CT molecular complexity index is 598. The van der Waals surface area contributed by atoms with Crippen LogP contribution in [0.2, 0.25) is 0 Å². The molecule has 2 rings (SSSR count). The molecule has 0 N–H and O–H groups in total. The van der Waals surface area contributed by atoms with Crippen LogP contribution in [0.1, 0.15) is 5.56 Å². The fraction of sp³-hybridized carbons (Fsp3) is 0.0769. The van der Waals surface area contributed by atoms with Crippen LogP contribution >= 0.6 is 0 Å². The van der Waals surface area contributed by atoms with Crippen LogP contribution in [0.3, 0.4) is 0 Å². The summed E-state index contributed by atoms with van der Waals surface area (Å²) in [4.78, 5) is 0. The Labute approximate surface area is 161 Å². The van der Waals surface area contributed by atoms with Crippen LogP contribution in [-0.4, -0.2) is 6.98 Å². The normalized spacial score (nSPS) is 10.9. The van der Waals surface area contributed by atoms with Crippen molar-refractivity contribution in [2.75, 3.05) is 0 Å². The number of hydrogen-bond donors (Lipinski definition) is 0. The van der Waals surface area contributed by atoms with Crippen molar-refractivity contribution in [3.8, 4) is 5.75 Å². The zero-order valence-corrected chi connectivity index (χ0v) is 14.2. The third-order valence-electron chi connectivity index (χ3n) is 2.68.